The van der Waals surface area contributed by atoms with Crippen molar-refractivity contribution >= 4 is 71.8 Å². The van der Waals surface area contributed by atoms with Gasteiger partial charge in [-0.3, -0.25) is 4.55 Å². The van der Waals surface area contributed by atoms with Gasteiger partial charge in [0.25, 0.3) is 10.1 Å². The molecule has 0 saturated heterocycles. The second-order valence-electron chi connectivity index (χ2n) is 6.89. The second kappa shape index (κ2) is 11.1. The number of aromatic hydroxyl groups is 1. The molecule has 0 aliphatic rings. The molecule has 13 heteroatoms. The van der Waals surface area contributed by atoms with E-state index in [-0.39, 0.29) is 81.2 Å². The molecule has 177 valence electrons. The number of benzene rings is 3. The van der Waals surface area contributed by atoms with Gasteiger partial charge in [-0.2, -0.15) is 12.7 Å². The van der Waals surface area contributed by atoms with Gasteiger partial charge in [0.05, 0.1) is 12.0 Å². The molecule has 3 aromatic carbocycles. The molecule has 0 fully saturated rings. The summed E-state index contributed by atoms with van der Waals surface area (Å²) in [7, 11) is -7.04. The molecule has 0 heterocycles. The average molecular weight is 517 g/mol. The van der Waals surface area contributed by atoms with Crippen LogP contribution in [0.4, 0.5) is 11.4 Å². The molecule has 0 bridgehead atoms. The number of azo groups is 1. The first kappa shape index (κ1) is 28.2. The van der Waals surface area contributed by atoms with Crippen LogP contribution < -0.4 is 4.74 Å². The Morgan fingerprint density at radius 2 is 1.50 bits per heavy atom. The van der Waals surface area contributed by atoms with Crippen LogP contribution >= 0.6 is 0 Å². The number of ether oxygens (including phenoxy) is 1. The number of hydrogen-bond acceptors (Lipinski definition) is 8. The molecular weight excluding hydrogens is 493 g/mol. The van der Waals surface area contributed by atoms with Crippen molar-refractivity contribution in [3.63, 3.8) is 0 Å². The summed E-state index contributed by atoms with van der Waals surface area (Å²) < 4.78 is 65.6. The van der Waals surface area contributed by atoms with E-state index in [2.05, 4.69) is 10.2 Å². The quantitative estimate of drug-likeness (QED) is 0.263. The van der Waals surface area contributed by atoms with Gasteiger partial charge in [-0.05, 0) is 24.3 Å². The summed E-state index contributed by atoms with van der Waals surface area (Å²) in [5, 5.41) is 18.8. The number of phenols is 1. The summed E-state index contributed by atoms with van der Waals surface area (Å²) in [4.78, 5) is -0.475. The van der Waals surface area contributed by atoms with Crippen molar-refractivity contribution in [3.05, 3.63) is 48.5 Å². The number of fused-ring (bicyclic) bond motifs is 1. The fraction of sp³-hybridized carbons (Fsp3) is 0.238. The van der Waals surface area contributed by atoms with Crippen molar-refractivity contribution in [3.8, 4) is 11.5 Å². The van der Waals surface area contributed by atoms with Crippen LogP contribution in [0.1, 0.15) is 13.8 Å². The van der Waals surface area contributed by atoms with Gasteiger partial charge in [0, 0.05) is 53.4 Å². The van der Waals surface area contributed by atoms with Gasteiger partial charge < -0.3 is 9.84 Å². The zero-order chi connectivity index (χ0) is 24.4. The number of sulfonamides is 1. The molecule has 0 unspecified atom stereocenters. The van der Waals surface area contributed by atoms with Crippen molar-refractivity contribution in [1.29, 1.82) is 0 Å². The molecule has 0 atom stereocenters. The molecule has 10 nitrogen and oxygen atoms in total. The van der Waals surface area contributed by atoms with E-state index < -0.39 is 25.0 Å². The van der Waals surface area contributed by atoms with Crippen molar-refractivity contribution in [1.82, 2.24) is 4.31 Å². The minimum Gasteiger partial charge on any atom is -0.505 e. The topological polar surface area (TPSA) is 146 Å². The van der Waals surface area contributed by atoms with Gasteiger partial charge in [-0.25, -0.2) is 8.42 Å². The Balaban J connectivity index is 0.00000408. The number of phenolic OH excluding ortho intramolecular Hbond substituents is 1. The number of methoxy groups -OCH3 is 1. The Morgan fingerprint density at radius 1 is 0.912 bits per heavy atom. The van der Waals surface area contributed by atoms with E-state index in [0.29, 0.717) is 0 Å². The molecular formula is C21H23N3NaO7S2. The Hall–Kier alpha value is -2.06. The first-order valence-electron chi connectivity index (χ1n) is 9.86. The fourth-order valence-electron chi connectivity index (χ4n) is 3.33. The van der Waals surface area contributed by atoms with Crippen molar-refractivity contribution < 1.29 is 31.2 Å². The standard InChI is InChI=1S/C21H23N3O7S2.Na/c1-4-24(5-2)32(26,27)14-10-11-19(31-3)17(12-14)22-23-18-13-20(33(28,29)30)15-8-6-7-9-16(15)21(18)25;/h6-13,25H,4-5H2,1-3H3,(H,28,29,30);. The Kier molecular flexibility index (Phi) is 9.22. The minimum absolute atomic E-state index is 0. The number of nitrogens with zero attached hydrogens (tertiary/aromatic N) is 3. The molecule has 3 rings (SSSR count). The maximum absolute atomic E-state index is 12.9. The fourth-order valence-corrected chi connectivity index (χ4v) is 5.53. The summed E-state index contributed by atoms with van der Waals surface area (Å²) in [6, 6.07) is 11.1. The monoisotopic (exact) mass is 516 g/mol. The van der Waals surface area contributed by atoms with E-state index in [1.54, 1.807) is 26.0 Å². The van der Waals surface area contributed by atoms with Crippen molar-refractivity contribution in [2.24, 2.45) is 10.2 Å². The predicted octanol–water partition coefficient (Wildman–Crippen LogP) is 3.87. The van der Waals surface area contributed by atoms with Crippen LogP contribution in [0, 0.1) is 0 Å². The van der Waals surface area contributed by atoms with Gasteiger partial charge in [0.15, 0.2) is 5.75 Å². The van der Waals surface area contributed by atoms with Crippen LogP contribution in [0.25, 0.3) is 10.8 Å². The summed E-state index contributed by atoms with van der Waals surface area (Å²) in [6.07, 6.45) is 0. The molecule has 1 radical (unpaired) electrons. The third-order valence-electron chi connectivity index (χ3n) is 4.99. The molecule has 0 aliphatic heterocycles. The third-order valence-corrected chi connectivity index (χ3v) is 7.93. The first-order chi connectivity index (χ1) is 15.5. The van der Waals surface area contributed by atoms with Gasteiger partial charge in [0.1, 0.15) is 22.0 Å². The maximum atomic E-state index is 12.9. The van der Waals surface area contributed by atoms with Crippen molar-refractivity contribution in [2.75, 3.05) is 20.2 Å². The largest absolute Gasteiger partial charge is 0.505 e. The van der Waals surface area contributed by atoms with Gasteiger partial charge in [-0.15, -0.1) is 10.2 Å². The van der Waals surface area contributed by atoms with E-state index in [1.165, 1.54) is 41.7 Å². The van der Waals surface area contributed by atoms with Crippen LogP contribution in [0.15, 0.2) is 68.6 Å². The molecule has 2 N–H and O–H groups in total. The zero-order valence-electron chi connectivity index (χ0n) is 19.1. The normalized spacial score (nSPS) is 12.3. The smallest absolute Gasteiger partial charge is 0.295 e. The Morgan fingerprint density at radius 3 is 2.06 bits per heavy atom. The van der Waals surface area contributed by atoms with Crippen LogP contribution in [0.2, 0.25) is 0 Å². The molecule has 0 aliphatic carbocycles. The van der Waals surface area contributed by atoms with E-state index >= 15 is 0 Å². The van der Waals surface area contributed by atoms with Crippen molar-refractivity contribution in [2.45, 2.75) is 23.6 Å². The van der Waals surface area contributed by atoms with Crippen LogP contribution in [-0.2, 0) is 20.1 Å². The summed E-state index contributed by atoms with van der Waals surface area (Å²) in [5.74, 6) is -0.139. The van der Waals surface area contributed by atoms with E-state index in [0.717, 1.165) is 6.07 Å². The molecule has 0 saturated carbocycles. The zero-order valence-corrected chi connectivity index (χ0v) is 22.8. The van der Waals surface area contributed by atoms with E-state index in [1.807, 2.05) is 0 Å². The molecule has 0 spiro atoms. The Labute approximate surface area is 220 Å². The van der Waals surface area contributed by atoms with Gasteiger partial charge >= 0.3 is 0 Å². The predicted molar refractivity (Wildman–Crippen MR) is 128 cm³/mol. The van der Waals surface area contributed by atoms with Gasteiger partial charge in [0.2, 0.25) is 10.0 Å². The maximum Gasteiger partial charge on any atom is 0.295 e. The molecule has 34 heavy (non-hydrogen) atoms. The van der Waals surface area contributed by atoms with Crippen LogP contribution in [0.5, 0.6) is 11.5 Å². The summed E-state index contributed by atoms with van der Waals surface area (Å²) in [6.45, 7) is 4.01. The average Bonchev–Trinajstić information content (AvgIpc) is 2.78. The molecule has 3 aromatic rings. The SMILES string of the molecule is CCN(CC)S(=O)(=O)c1ccc(OC)c(N=Nc2cc(S(=O)(=O)O)c3ccccc3c2O)c1.[Na]. The first-order valence-corrected chi connectivity index (χ1v) is 12.7. The van der Waals surface area contributed by atoms with E-state index in [9.17, 15) is 26.5 Å². The number of rotatable bonds is 8. The molecule has 0 aromatic heterocycles. The third kappa shape index (κ3) is 5.60. The summed E-state index contributed by atoms with van der Waals surface area (Å²) >= 11 is 0. The van der Waals surface area contributed by atoms with E-state index in [4.69, 9.17) is 4.74 Å². The summed E-state index contributed by atoms with van der Waals surface area (Å²) in [5.41, 5.74) is -0.188. The van der Waals surface area contributed by atoms with Gasteiger partial charge in [-0.1, -0.05) is 38.1 Å². The van der Waals surface area contributed by atoms with Crippen LogP contribution in [0.3, 0.4) is 0 Å². The molecule has 0 amide bonds. The Bertz CT molecular complexity index is 1440. The minimum atomic E-state index is -4.63. The van der Waals surface area contributed by atoms with Crippen LogP contribution in [-0.4, -0.2) is 80.6 Å². The second-order valence-corrected chi connectivity index (χ2v) is 10.2. The number of hydrogen-bond donors (Lipinski definition) is 2.